The van der Waals surface area contributed by atoms with E-state index in [4.69, 9.17) is 0 Å². The number of hydrogen-bond acceptors (Lipinski definition) is 5. The fraction of sp³-hybridized carbons (Fsp3) is 0.500. The number of nitrogens with one attached hydrogen (secondary N) is 1. The average Bonchev–Trinajstić information content (AvgIpc) is 3.07. The van der Waals surface area contributed by atoms with Gasteiger partial charge in [0.1, 0.15) is 11.9 Å². The molecule has 1 saturated heterocycles. The summed E-state index contributed by atoms with van der Waals surface area (Å²) in [4.78, 5) is 22.8. The lowest BCUT2D eigenvalue weighted by Gasteiger charge is -2.14. The lowest BCUT2D eigenvalue weighted by atomic mass is 10.3. The van der Waals surface area contributed by atoms with Crippen molar-refractivity contribution < 1.29 is 4.79 Å². The summed E-state index contributed by atoms with van der Waals surface area (Å²) in [5.74, 6) is 0.527. The van der Waals surface area contributed by atoms with Crippen molar-refractivity contribution in [2.45, 2.75) is 19.8 Å². The van der Waals surface area contributed by atoms with E-state index in [-0.39, 0.29) is 5.91 Å². The third kappa shape index (κ3) is 2.11. The first-order valence-electron chi connectivity index (χ1n) is 6.53. The van der Waals surface area contributed by atoms with Crippen LogP contribution in [0, 0.1) is 0 Å². The molecule has 100 valence electrons. The van der Waals surface area contributed by atoms with Crippen molar-refractivity contribution in [1.82, 2.24) is 24.9 Å². The predicted octanol–water partition coefficient (Wildman–Crippen LogP) is 0.474. The molecule has 19 heavy (non-hydrogen) atoms. The van der Waals surface area contributed by atoms with Crippen LogP contribution in [0.4, 0.5) is 5.95 Å². The lowest BCUT2D eigenvalue weighted by molar-refractivity contribution is 0.0957. The maximum absolute atomic E-state index is 11.9. The van der Waals surface area contributed by atoms with Gasteiger partial charge in [-0.05, 0) is 19.8 Å². The summed E-state index contributed by atoms with van der Waals surface area (Å²) < 4.78 is 1.53. The molecule has 1 N–H and O–H groups in total. The van der Waals surface area contributed by atoms with Gasteiger partial charge in [-0.1, -0.05) is 0 Å². The van der Waals surface area contributed by atoms with Gasteiger partial charge >= 0.3 is 0 Å². The third-order valence-electron chi connectivity index (χ3n) is 3.23. The zero-order chi connectivity index (χ0) is 13.2. The van der Waals surface area contributed by atoms with Gasteiger partial charge in [-0.3, -0.25) is 4.79 Å². The second-order valence-electron chi connectivity index (χ2n) is 4.54. The van der Waals surface area contributed by atoms with Gasteiger partial charge in [-0.25, -0.2) is 9.50 Å². The number of rotatable bonds is 3. The van der Waals surface area contributed by atoms with Crippen molar-refractivity contribution in [2.75, 3.05) is 24.5 Å². The summed E-state index contributed by atoms with van der Waals surface area (Å²) in [6.45, 7) is 4.41. The summed E-state index contributed by atoms with van der Waals surface area (Å²) in [5, 5.41) is 6.86. The normalized spacial score (nSPS) is 15.1. The summed E-state index contributed by atoms with van der Waals surface area (Å²) in [6.07, 6.45) is 5.47. The Bertz CT molecular complexity index is 601. The largest absolute Gasteiger partial charge is 0.352 e. The standard InChI is InChI=1S/C12H16N6O/c1-2-13-11(19)9-7-15-18-8-14-12(16-10(9)18)17-5-3-4-6-17/h7-8H,2-6H2,1H3,(H,13,19). The molecule has 3 heterocycles. The van der Waals surface area contributed by atoms with Gasteiger partial charge in [-0.2, -0.15) is 10.1 Å². The van der Waals surface area contributed by atoms with Crippen molar-refractivity contribution in [3.8, 4) is 0 Å². The van der Waals surface area contributed by atoms with Crippen LogP contribution in [-0.4, -0.2) is 45.1 Å². The van der Waals surface area contributed by atoms with E-state index in [0.29, 0.717) is 23.7 Å². The van der Waals surface area contributed by atoms with Crippen LogP contribution >= 0.6 is 0 Å². The average molecular weight is 260 g/mol. The van der Waals surface area contributed by atoms with Crippen LogP contribution in [0.15, 0.2) is 12.5 Å². The zero-order valence-electron chi connectivity index (χ0n) is 10.8. The molecule has 0 bridgehead atoms. The van der Waals surface area contributed by atoms with E-state index in [1.54, 1.807) is 6.33 Å². The van der Waals surface area contributed by atoms with E-state index in [1.807, 2.05) is 6.92 Å². The first kappa shape index (κ1) is 11.9. The van der Waals surface area contributed by atoms with Crippen molar-refractivity contribution in [2.24, 2.45) is 0 Å². The highest BCUT2D eigenvalue weighted by Crippen LogP contribution is 2.17. The molecule has 7 nitrogen and oxygen atoms in total. The molecule has 3 rings (SSSR count). The molecule has 2 aromatic rings. The quantitative estimate of drug-likeness (QED) is 0.868. The Kier molecular flexibility index (Phi) is 3.02. The molecule has 1 aliphatic heterocycles. The molecule has 1 aliphatic rings. The Morgan fingerprint density at radius 2 is 2.21 bits per heavy atom. The van der Waals surface area contributed by atoms with Gasteiger partial charge in [0.15, 0.2) is 5.65 Å². The minimum Gasteiger partial charge on any atom is -0.352 e. The van der Waals surface area contributed by atoms with E-state index in [0.717, 1.165) is 25.9 Å². The van der Waals surface area contributed by atoms with Crippen LogP contribution in [-0.2, 0) is 0 Å². The van der Waals surface area contributed by atoms with Gasteiger partial charge < -0.3 is 10.2 Å². The number of amides is 1. The molecule has 7 heteroatoms. The molecule has 0 atom stereocenters. The van der Waals surface area contributed by atoms with Crippen molar-refractivity contribution >= 4 is 17.5 Å². The second-order valence-corrected chi connectivity index (χ2v) is 4.54. The Morgan fingerprint density at radius 3 is 2.95 bits per heavy atom. The van der Waals surface area contributed by atoms with E-state index in [2.05, 4.69) is 25.3 Å². The summed E-state index contributed by atoms with van der Waals surface area (Å²) in [7, 11) is 0. The number of carbonyl (C=O) groups is 1. The molecule has 0 saturated carbocycles. The maximum atomic E-state index is 11.9. The molecule has 1 fully saturated rings. The smallest absolute Gasteiger partial charge is 0.256 e. The number of hydrogen-bond donors (Lipinski definition) is 1. The van der Waals surface area contributed by atoms with Crippen LogP contribution in [0.1, 0.15) is 30.1 Å². The SMILES string of the molecule is CCNC(=O)c1cnn2cnc(N3CCCC3)nc12. The first-order chi connectivity index (χ1) is 9.29. The van der Waals surface area contributed by atoms with Crippen molar-refractivity contribution in [1.29, 1.82) is 0 Å². The molecule has 0 aromatic carbocycles. The lowest BCUT2D eigenvalue weighted by Crippen LogP contribution is -2.23. The Hall–Kier alpha value is -2.18. The van der Waals surface area contributed by atoms with Crippen LogP contribution in [0.5, 0.6) is 0 Å². The van der Waals surface area contributed by atoms with E-state index in [1.165, 1.54) is 10.7 Å². The molecule has 2 aromatic heterocycles. The highest BCUT2D eigenvalue weighted by atomic mass is 16.1. The van der Waals surface area contributed by atoms with Gasteiger partial charge in [-0.15, -0.1) is 0 Å². The van der Waals surface area contributed by atoms with Crippen LogP contribution in [0.3, 0.4) is 0 Å². The van der Waals surface area contributed by atoms with Gasteiger partial charge in [0.05, 0.1) is 6.20 Å². The number of carbonyl (C=O) groups excluding carboxylic acids is 1. The molecule has 0 spiro atoms. The Labute approximate surface area is 110 Å². The summed E-state index contributed by atoms with van der Waals surface area (Å²) in [6, 6.07) is 0. The number of nitrogens with zero attached hydrogens (tertiary/aromatic N) is 5. The van der Waals surface area contributed by atoms with E-state index >= 15 is 0 Å². The maximum Gasteiger partial charge on any atom is 0.256 e. The summed E-state index contributed by atoms with van der Waals surface area (Å²) >= 11 is 0. The third-order valence-corrected chi connectivity index (χ3v) is 3.23. The first-order valence-corrected chi connectivity index (χ1v) is 6.53. The second kappa shape index (κ2) is 4.83. The summed E-state index contributed by atoms with van der Waals surface area (Å²) in [5.41, 5.74) is 1.05. The number of fused-ring (bicyclic) bond motifs is 1. The molecular formula is C12H16N6O. The molecule has 1 amide bonds. The molecule has 0 unspecified atom stereocenters. The molecule has 0 radical (unpaired) electrons. The van der Waals surface area contributed by atoms with Gasteiger partial charge in [0.25, 0.3) is 5.91 Å². The highest BCUT2D eigenvalue weighted by Gasteiger charge is 2.18. The van der Waals surface area contributed by atoms with Crippen LogP contribution in [0.25, 0.3) is 5.65 Å². The van der Waals surface area contributed by atoms with Crippen LogP contribution in [0.2, 0.25) is 0 Å². The number of aromatic nitrogens is 4. The predicted molar refractivity (Wildman–Crippen MR) is 70.2 cm³/mol. The Balaban J connectivity index is 2.00. The van der Waals surface area contributed by atoms with E-state index < -0.39 is 0 Å². The fourth-order valence-electron chi connectivity index (χ4n) is 2.27. The molecule has 0 aliphatic carbocycles. The molecular weight excluding hydrogens is 244 g/mol. The topological polar surface area (TPSA) is 75.4 Å². The van der Waals surface area contributed by atoms with Gasteiger partial charge in [0, 0.05) is 19.6 Å². The number of anilines is 1. The van der Waals surface area contributed by atoms with E-state index in [9.17, 15) is 4.79 Å². The zero-order valence-corrected chi connectivity index (χ0v) is 10.8. The van der Waals surface area contributed by atoms with Gasteiger partial charge in [0.2, 0.25) is 5.95 Å². The monoisotopic (exact) mass is 260 g/mol. The van der Waals surface area contributed by atoms with Crippen molar-refractivity contribution in [3.63, 3.8) is 0 Å². The Morgan fingerprint density at radius 1 is 1.42 bits per heavy atom. The van der Waals surface area contributed by atoms with Crippen molar-refractivity contribution in [3.05, 3.63) is 18.1 Å². The fourth-order valence-corrected chi connectivity index (χ4v) is 2.27. The highest BCUT2D eigenvalue weighted by molar-refractivity contribution is 5.99. The minimum absolute atomic E-state index is 0.149. The van der Waals surface area contributed by atoms with Crippen LogP contribution < -0.4 is 10.2 Å². The minimum atomic E-state index is -0.149.